The summed E-state index contributed by atoms with van der Waals surface area (Å²) in [6.07, 6.45) is 1.96. The average Bonchev–Trinajstić information content (AvgIpc) is 2.34. The maximum absolute atomic E-state index is 11.9. The molecule has 6 nitrogen and oxygen atoms in total. The van der Waals surface area contributed by atoms with Crippen LogP contribution in [0.15, 0.2) is 34.1 Å². The van der Waals surface area contributed by atoms with E-state index in [1.54, 1.807) is 0 Å². The van der Waals surface area contributed by atoms with Crippen LogP contribution in [0.4, 0.5) is 0 Å². The van der Waals surface area contributed by atoms with Crippen LogP contribution in [0.25, 0.3) is 0 Å². The van der Waals surface area contributed by atoms with E-state index in [0.29, 0.717) is 12.2 Å². The molecule has 0 saturated carbocycles. The second kappa shape index (κ2) is 6.99. The summed E-state index contributed by atoms with van der Waals surface area (Å²) in [7, 11) is -3.62. The quantitative estimate of drug-likeness (QED) is 0.569. The van der Waals surface area contributed by atoms with Gasteiger partial charge in [-0.05, 0) is 24.6 Å². The van der Waals surface area contributed by atoms with Crippen LogP contribution < -0.4 is 4.72 Å². The lowest BCUT2D eigenvalue weighted by Crippen LogP contribution is -2.25. The molecular formula is C10H14ClNO5S3. The van der Waals surface area contributed by atoms with Crippen molar-refractivity contribution in [2.24, 2.45) is 0 Å². The summed E-state index contributed by atoms with van der Waals surface area (Å²) in [5.41, 5.74) is 0. The minimum absolute atomic E-state index is 0.125. The lowest BCUT2D eigenvalue weighted by Gasteiger charge is -2.07. The number of halogens is 1. The summed E-state index contributed by atoms with van der Waals surface area (Å²) in [4.78, 5) is -0.464. The van der Waals surface area contributed by atoms with Gasteiger partial charge in [-0.3, -0.25) is 4.21 Å². The van der Waals surface area contributed by atoms with Crippen LogP contribution in [0.2, 0.25) is 0 Å². The third-order valence-corrected chi connectivity index (χ3v) is 5.97. The highest BCUT2D eigenvalue weighted by molar-refractivity contribution is 8.13. The van der Waals surface area contributed by atoms with Crippen molar-refractivity contribution in [3.05, 3.63) is 24.3 Å². The van der Waals surface area contributed by atoms with E-state index in [9.17, 15) is 21.0 Å². The molecule has 114 valence electrons. The van der Waals surface area contributed by atoms with Crippen LogP contribution in [-0.2, 0) is 29.9 Å². The highest BCUT2D eigenvalue weighted by Gasteiger charge is 2.17. The third kappa shape index (κ3) is 5.49. The number of benzene rings is 1. The molecule has 0 aromatic heterocycles. The minimum Gasteiger partial charge on any atom is -0.260 e. The monoisotopic (exact) mass is 359 g/mol. The van der Waals surface area contributed by atoms with Crippen molar-refractivity contribution >= 4 is 40.6 Å². The molecule has 1 aromatic carbocycles. The fourth-order valence-electron chi connectivity index (χ4n) is 1.36. The normalized spacial score (nSPS) is 14.1. The van der Waals surface area contributed by atoms with Gasteiger partial charge in [0.25, 0.3) is 9.05 Å². The molecule has 0 aliphatic rings. The van der Waals surface area contributed by atoms with Crippen LogP contribution in [-0.4, -0.2) is 39.6 Å². The number of nitrogens with one attached hydrogen (secondary N) is 1. The highest BCUT2D eigenvalue weighted by Crippen LogP contribution is 2.18. The Hall–Kier alpha value is -0.480. The molecule has 0 radical (unpaired) electrons. The molecule has 1 aromatic rings. The van der Waals surface area contributed by atoms with Gasteiger partial charge in [0.05, 0.1) is 9.79 Å². The molecule has 0 fully saturated rings. The second-order valence-electron chi connectivity index (χ2n) is 3.94. The van der Waals surface area contributed by atoms with Crippen molar-refractivity contribution in [3.63, 3.8) is 0 Å². The summed E-state index contributed by atoms with van der Waals surface area (Å²) in [6.45, 7) is 0.125. The smallest absolute Gasteiger partial charge is 0.260 e. The van der Waals surface area contributed by atoms with Crippen molar-refractivity contribution in [1.82, 2.24) is 4.72 Å². The Labute approximate surface area is 125 Å². The summed E-state index contributed by atoms with van der Waals surface area (Å²) >= 11 is 0. The predicted octanol–water partition coefficient (Wildman–Crippen LogP) is 0.661. The van der Waals surface area contributed by atoms with E-state index < -0.39 is 29.9 Å². The highest BCUT2D eigenvalue weighted by atomic mass is 35.7. The van der Waals surface area contributed by atoms with Gasteiger partial charge in [0.1, 0.15) is 0 Å². The summed E-state index contributed by atoms with van der Waals surface area (Å²) in [5, 5.41) is 0. The van der Waals surface area contributed by atoms with Crippen LogP contribution >= 0.6 is 10.7 Å². The molecule has 0 spiro atoms. The molecule has 0 saturated heterocycles. The van der Waals surface area contributed by atoms with Crippen LogP contribution in [0.5, 0.6) is 0 Å². The molecule has 1 unspecified atom stereocenters. The Bertz CT molecular complexity index is 699. The van der Waals surface area contributed by atoms with E-state index in [1.165, 1.54) is 24.5 Å². The van der Waals surface area contributed by atoms with E-state index in [4.69, 9.17) is 10.7 Å². The van der Waals surface area contributed by atoms with E-state index in [-0.39, 0.29) is 16.3 Å². The van der Waals surface area contributed by atoms with E-state index in [0.717, 1.165) is 6.07 Å². The second-order valence-corrected chi connectivity index (χ2v) is 9.83. The fraction of sp³-hybridized carbons (Fsp3) is 0.400. The lowest BCUT2D eigenvalue weighted by molar-refractivity contribution is 0.580. The van der Waals surface area contributed by atoms with Gasteiger partial charge in [-0.25, -0.2) is 21.6 Å². The van der Waals surface area contributed by atoms with Crippen LogP contribution in [0, 0.1) is 0 Å². The standard InChI is InChI=1S/C10H14ClNO5S3/c1-18(13)7-3-6-12-20(16,17)10-5-2-4-9(8-10)19(11,14)15/h2,4-5,8,12H,3,6-7H2,1H3. The Kier molecular flexibility index (Phi) is 6.14. The molecule has 20 heavy (non-hydrogen) atoms. The molecule has 0 aliphatic carbocycles. The summed E-state index contributed by atoms with van der Waals surface area (Å²) in [6, 6.07) is 4.76. The van der Waals surface area contributed by atoms with Crippen molar-refractivity contribution < 1.29 is 21.0 Å². The molecule has 1 N–H and O–H groups in total. The van der Waals surface area contributed by atoms with Crippen molar-refractivity contribution in [2.75, 3.05) is 18.6 Å². The first-order valence-electron chi connectivity index (χ1n) is 5.47. The third-order valence-electron chi connectivity index (χ3n) is 2.30. The summed E-state index contributed by atoms with van der Waals surface area (Å²) < 4.78 is 59.3. The number of hydrogen-bond donors (Lipinski definition) is 1. The molecule has 1 atom stereocenters. The maximum Gasteiger partial charge on any atom is 0.261 e. The van der Waals surface area contributed by atoms with Crippen molar-refractivity contribution in [2.45, 2.75) is 16.2 Å². The van der Waals surface area contributed by atoms with Crippen LogP contribution in [0.1, 0.15) is 6.42 Å². The number of rotatable bonds is 7. The molecule has 0 heterocycles. The fourth-order valence-corrected chi connectivity index (χ4v) is 3.90. The largest absolute Gasteiger partial charge is 0.261 e. The molecule has 0 aliphatic heterocycles. The topological polar surface area (TPSA) is 97.4 Å². The Balaban J connectivity index is 2.85. The average molecular weight is 360 g/mol. The Morgan fingerprint density at radius 1 is 1.20 bits per heavy atom. The molecule has 1 rings (SSSR count). The molecular weight excluding hydrogens is 346 g/mol. The van der Waals surface area contributed by atoms with Crippen molar-refractivity contribution in [3.8, 4) is 0 Å². The van der Waals surface area contributed by atoms with Gasteiger partial charge in [-0.2, -0.15) is 0 Å². The van der Waals surface area contributed by atoms with Gasteiger partial charge in [0, 0.05) is 40.0 Å². The Morgan fingerprint density at radius 3 is 2.35 bits per heavy atom. The maximum atomic E-state index is 11.9. The first-order chi connectivity index (χ1) is 9.13. The Morgan fingerprint density at radius 2 is 1.80 bits per heavy atom. The molecule has 10 heteroatoms. The lowest BCUT2D eigenvalue weighted by atomic mass is 10.4. The molecule has 0 amide bonds. The van der Waals surface area contributed by atoms with Gasteiger partial charge in [-0.15, -0.1) is 0 Å². The van der Waals surface area contributed by atoms with Gasteiger partial charge < -0.3 is 0 Å². The molecule has 0 bridgehead atoms. The van der Waals surface area contributed by atoms with Crippen molar-refractivity contribution in [1.29, 1.82) is 0 Å². The van der Waals surface area contributed by atoms with E-state index >= 15 is 0 Å². The van der Waals surface area contributed by atoms with Crippen LogP contribution in [0.3, 0.4) is 0 Å². The minimum atomic E-state index is -3.98. The van der Waals surface area contributed by atoms with Gasteiger partial charge in [0.2, 0.25) is 10.0 Å². The first kappa shape index (κ1) is 17.6. The van der Waals surface area contributed by atoms with E-state index in [2.05, 4.69) is 4.72 Å². The zero-order valence-electron chi connectivity index (χ0n) is 10.6. The first-order valence-corrected chi connectivity index (χ1v) is 11.0. The van der Waals surface area contributed by atoms with E-state index in [1.807, 2.05) is 0 Å². The number of sulfonamides is 1. The summed E-state index contributed by atoms with van der Waals surface area (Å²) in [5.74, 6) is 0.388. The SMILES string of the molecule is CS(=O)CCCNS(=O)(=O)c1cccc(S(=O)(=O)Cl)c1. The number of hydrogen-bond acceptors (Lipinski definition) is 5. The van der Waals surface area contributed by atoms with Gasteiger partial charge in [-0.1, -0.05) is 6.07 Å². The van der Waals surface area contributed by atoms with Gasteiger partial charge >= 0.3 is 0 Å². The zero-order chi connectivity index (χ0) is 15.4. The predicted molar refractivity (Wildman–Crippen MR) is 78.2 cm³/mol. The zero-order valence-corrected chi connectivity index (χ0v) is 13.8. The van der Waals surface area contributed by atoms with Gasteiger partial charge in [0.15, 0.2) is 0 Å².